The van der Waals surface area contributed by atoms with Crippen LogP contribution in [0, 0.1) is 0 Å². The van der Waals surface area contributed by atoms with E-state index in [1.807, 2.05) is 78.3 Å². The van der Waals surface area contributed by atoms with Gasteiger partial charge in [0.15, 0.2) is 5.65 Å². The highest BCUT2D eigenvalue weighted by atomic mass is 16.5. The normalized spacial score (nSPS) is 13.6. The average molecular weight is 513 g/mol. The van der Waals surface area contributed by atoms with Crippen LogP contribution in [0.3, 0.4) is 0 Å². The third kappa shape index (κ3) is 6.14. The number of hydrogen-bond donors (Lipinski definition) is 1. The third-order valence-corrected chi connectivity index (χ3v) is 6.94. The monoisotopic (exact) mass is 512 g/mol. The Hall–Kier alpha value is -3.91. The molecule has 0 unspecified atom stereocenters. The van der Waals surface area contributed by atoms with E-state index in [0.29, 0.717) is 18.1 Å². The Morgan fingerprint density at radius 3 is 2.63 bits per heavy atom. The van der Waals surface area contributed by atoms with E-state index in [1.54, 1.807) is 4.90 Å². The van der Waals surface area contributed by atoms with Gasteiger partial charge in [-0.05, 0) is 80.9 Å². The topological polar surface area (TPSA) is 75.0 Å². The number of likely N-dealkylation sites (tertiary alicyclic amines) is 1. The van der Waals surface area contributed by atoms with E-state index in [1.165, 1.54) is 25.9 Å². The van der Waals surface area contributed by atoms with Crippen LogP contribution in [0.15, 0.2) is 66.7 Å². The lowest BCUT2D eigenvalue weighted by Crippen LogP contribution is -2.27. The van der Waals surface area contributed by atoms with Gasteiger partial charge in [0, 0.05) is 37.0 Å². The molecule has 0 atom stereocenters. The lowest BCUT2D eigenvalue weighted by Gasteiger charge is -2.17. The number of rotatable bonds is 11. The largest absolute Gasteiger partial charge is 0.492 e. The standard InChI is InChI=1S/C30H36N6O2/c1-3-4-17-34(2)29(37)24-10-7-9-23(22-24)27-11-8-12-28-32-30(33-36(27)28)31-25-13-15-26(16-14-25)38-21-20-35-18-5-6-19-35/h7-16,22H,3-6,17-21H2,1-2H3,(H,31,33). The highest BCUT2D eigenvalue weighted by molar-refractivity contribution is 5.95. The van der Waals surface area contributed by atoms with Gasteiger partial charge in [0.2, 0.25) is 5.95 Å². The second-order valence-electron chi connectivity index (χ2n) is 9.82. The van der Waals surface area contributed by atoms with Crippen LogP contribution in [0.25, 0.3) is 16.9 Å². The van der Waals surface area contributed by atoms with Crippen molar-refractivity contribution < 1.29 is 9.53 Å². The first kappa shape index (κ1) is 25.7. The molecule has 1 amide bonds. The molecule has 5 rings (SSSR count). The van der Waals surface area contributed by atoms with Gasteiger partial charge >= 0.3 is 0 Å². The van der Waals surface area contributed by atoms with Crippen molar-refractivity contribution in [2.75, 3.05) is 45.2 Å². The Morgan fingerprint density at radius 2 is 1.84 bits per heavy atom. The summed E-state index contributed by atoms with van der Waals surface area (Å²) >= 11 is 0. The van der Waals surface area contributed by atoms with E-state index in [-0.39, 0.29) is 5.91 Å². The minimum absolute atomic E-state index is 0.0249. The van der Waals surface area contributed by atoms with Crippen molar-refractivity contribution in [2.24, 2.45) is 0 Å². The van der Waals surface area contributed by atoms with E-state index in [0.717, 1.165) is 54.3 Å². The summed E-state index contributed by atoms with van der Waals surface area (Å²) in [6, 6.07) is 21.5. The summed E-state index contributed by atoms with van der Waals surface area (Å²) in [7, 11) is 1.86. The number of hydrogen-bond acceptors (Lipinski definition) is 6. The first-order chi connectivity index (χ1) is 18.6. The first-order valence-corrected chi connectivity index (χ1v) is 13.5. The number of aromatic nitrogens is 3. The summed E-state index contributed by atoms with van der Waals surface area (Å²) < 4.78 is 7.72. The first-order valence-electron chi connectivity index (χ1n) is 13.5. The molecule has 2 aromatic heterocycles. The highest BCUT2D eigenvalue weighted by Gasteiger charge is 2.15. The van der Waals surface area contributed by atoms with Crippen molar-refractivity contribution >= 4 is 23.2 Å². The van der Waals surface area contributed by atoms with Gasteiger partial charge in [-0.15, -0.1) is 5.10 Å². The third-order valence-electron chi connectivity index (χ3n) is 6.94. The predicted octanol–water partition coefficient (Wildman–Crippen LogP) is 5.49. The van der Waals surface area contributed by atoms with Gasteiger partial charge < -0.3 is 15.0 Å². The summed E-state index contributed by atoms with van der Waals surface area (Å²) in [5, 5.41) is 8.01. The summed E-state index contributed by atoms with van der Waals surface area (Å²) in [5.74, 6) is 1.39. The Bertz CT molecular complexity index is 1360. The number of fused-ring (bicyclic) bond motifs is 1. The zero-order chi connectivity index (χ0) is 26.3. The molecule has 38 heavy (non-hydrogen) atoms. The van der Waals surface area contributed by atoms with Crippen LogP contribution in [0.4, 0.5) is 11.6 Å². The molecule has 0 radical (unpaired) electrons. The number of amides is 1. The molecular formula is C30H36N6O2. The van der Waals surface area contributed by atoms with Crippen molar-refractivity contribution in [1.82, 2.24) is 24.4 Å². The van der Waals surface area contributed by atoms with E-state index in [9.17, 15) is 4.79 Å². The zero-order valence-corrected chi connectivity index (χ0v) is 22.3. The smallest absolute Gasteiger partial charge is 0.253 e. The fourth-order valence-electron chi connectivity index (χ4n) is 4.77. The van der Waals surface area contributed by atoms with Crippen LogP contribution in [-0.2, 0) is 0 Å². The summed E-state index contributed by atoms with van der Waals surface area (Å²) in [4.78, 5) is 21.8. The minimum Gasteiger partial charge on any atom is -0.492 e. The Labute approximate surface area is 224 Å². The summed E-state index contributed by atoms with van der Waals surface area (Å²) in [6.07, 6.45) is 4.63. The lowest BCUT2D eigenvalue weighted by atomic mass is 10.1. The van der Waals surface area contributed by atoms with Gasteiger partial charge in [-0.2, -0.15) is 4.98 Å². The molecule has 3 heterocycles. The van der Waals surface area contributed by atoms with E-state index >= 15 is 0 Å². The van der Waals surface area contributed by atoms with Gasteiger partial charge in [-0.1, -0.05) is 31.5 Å². The van der Waals surface area contributed by atoms with Crippen molar-refractivity contribution in [2.45, 2.75) is 32.6 Å². The molecule has 1 saturated heterocycles. The fraction of sp³-hybridized carbons (Fsp3) is 0.367. The highest BCUT2D eigenvalue weighted by Crippen LogP contribution is 2.24. The number of carbonyl (C=O) groups is 1. The van der Waals surface area contributed by atoms with Gasteiger partial charge in [0.1, 0.15) is 12.4 Å². The van der Waals surface area contributed by atoms with Crippen LogP contribution in [0.1, 0.15) is 43.0 Å². The SMILES string of the molecule is CCCCN(C)C(=O)c1cccc(-c2cccc3nc(Nc4ccc(OCCN5CCCC5)cc4)nn23)c1. The second kappa shape index (κ2) is 12.1. The Morgan fingerprint density at radius 1 is 1.05 bits per heavy atom. The minimum atomic E-state index is 0.0249. The molecule has 2 aromatic carbocycles. The molecule has 1 aliphatic rings. The molecule has 0 spiro atoms. The predicted molar refractivity (Wildman–Crippen MR) is 151 cm³/mol. The number of benzene rings is 2. The molecule has 198 valence electrons. The quantitative estimate of drug-likeness (QED) is 0.287. The molecule has 1 aliphatic heterocycles. The summed E-state index contributed by atoms with van der Waals surface area (Å²) in [6.45, 7) is 6.91. The molecule has 0 bridgehead atoms. The molecule has 0 aliphatic carbocycles. The molecular weight excluding hydrogens is 476 g/mol. The number of nitrogens with one attached hydrogen (secondary N) is 1. The molecule has 4 aromatic rings. The number of pyridine rings is 1. The van der Waals surface area contributed by atoms with E-state index in [2.05, 4.69) is 22.1 Å². The van der Waals surface area contributed by atoms with Gasteiger partial charge in [-0.3, -0.25) is 9.69 Å². The van der Waals surface area contributed by atoms with Gasteiger partial charge in [0.05, 0.1) is 5.69 Å². The van der Waals surface area contributed by atoms with Crippen LogP contribution in [0.2, 0.25) is 0 Å². The van der Waals surface area contributed by atoms with Crippen LogP contribution in [0.5, 0.6) is 5.75 Å². The maximum Gasteiger partial charge on any atom is 0.253 e. The maximum absolute atomic E-state index is 12.9. The Kier molecular flexibility index (Phi) is 8.19. The molecule has 8 nitrogen and oxygen atoms in total. The maximum atomic E-state index is 12.9. The Balaban J connectivity index is 1.28. The van der Waals surface area contributed by atoms with Crippen LogP contribution >= 0.6 is 0 Å². The van der Waals surface area contributed by atoms with Crippen LogP contribution in [-0.4, -0.2) is 70.1 Å². The second-order valence-corrected chi connectivity index (χ2v) is 9.82. The zero-order valence-electron chi connectivity index (χ0n) is 22.3. The molecule has 1 fully saturated rings. The van der Waals surface area contributed by atoms with Gasteiger partial charge in [0.25, 0.3) is 5.91 Å². The number of unbranched alkanes of at least 4 members (excludes halogenated alkanes) is 1. The molecule has 0 saturated carbocycles. The van der Waals surface area contributed by atoms with Crippen molar-refractivity contribution in [3.63, 3.8) is 0 Å². The molecule has 8 heteroatoms. The van der Waals surface area contributed by atoms with E-state index < -0.39 is 0 Å². The average Bonchev–Trinajstić information content (AvgIpc) is 3.62. The summed E-state index contributed by atoms with van der Waals surface area (Å²) in [5.41, 5.74) is 4.06. The van der Waals surface area contributed by atoms with Crippen molar-refractivity contribution in [3.8, 4) is 17.0 Å². The number of nitrogens with zero attached hydrogens (tertiary/aromatic N) is 5. The lowest BCUT2D eigenvalue weighted by molar-refractivity contribution is 0.0793. The van der Waals surface area contributed by atoms with E-state index in [4.69, 9.17) is 9.84 Å². The number of ether oxygens (including phenoxy) is 1. The van der Waals surface area contributed by atoms with Crippen molar-refractivity contribution in [3.05, 3.63) is 72.3 Å². The molecule has 1 N–H and O–H groups in total. The number of anilines is 2. The fourth-order valence-corrected chi connectivity index (χ4v) is 4.77. The van der Waals surface area contributed by atoms with Crippen LogP contribution < -0.4 is 10.1 Å². The van der Waals surface area contributed by atoms with Gasteiger partial charge in [-0.25, -0.2) is 4.52 Å². The van der Waals surface area contributed by atoms with Crippen molar-refractivity contribution in [1.29, 1.82) is 0 Å². The number of carbonyl (C=O) groups excluding carboxylic acids is 1.